The van der Waals surface area contributed by atoms with Crippen LogP contribution >= 0.6 is 27.3 Å². The van der Waals surface area contributed by atoms with Gasteiger partial charge in [-0.3, -0.25) is 14.5 Å². The van der Waals surface area contributed by atoms with E-state index in [0.717, 1.165) is 35.0 Å². The van der Waals surface area contributed by atoms with Crippen molar-refractivity contribution < 1.29 is 14.0 Å². The molecule has 1 aromatic heterocycles. The lowest BCUT2D eigenvalue weighted by molar-refractivity contribution is -0.127. The predicted molar refractivity (Wildman–Crippen MR) is 134 cm³/mol. The zero-order chi connectivity index (χ0) is 23.2. The Hall–Kier alpha value is -2.51. The maximum absolute atomic E-state index is 14.2. The molecule has 0 radical (unpaired) electrons. The summed E-state index contributed by atoms with van der Waals surface area (Å²) in [6.07, 6.45) is 5.33. The second-order valence-corrected chi connectivity index (χ2v) is 10.2. The van der Waals surface area contributed by atoms with Gasteiger partial charge in [0.05, 0.1) is 6.42 Å². The lowest BCUT2D eigenvalue weighted by Crippen LogP contribution is -2.47. The Morgan fingerprint density at radius 2 is 1.85 bits per heavy atom. The van der Waals surface area contributed by atoms with E-state index in [1.165, 1.54) is 34.8 Å². The predicted octanol–water partition coefficient (Wildman–Crippen LogP) is 6.42. The average Bonchev–Trinajstić information content (AvgIpc) is 3.31. The molecule has 2 amide bonds. The van der Waals surface area contributed by atoms with Gasteiger partial charge >= 0.3 is 0 Å². The third-order valence-electron chi connectivity index (χ3n) is 5.88. The molecule has 1 heterocycles. The fourth-order valence-electron chi connectivity index (χ4n) is 4.33. The van der Waals surface area contributed by atoms with Crippen molar-refractivity contribution in [3.63, 3.8) is 0 Å². The summed E-state index contributed by atoms with van der Waals surface area (Å²) in [6, 6.07) is 16.2. The summed E-state index contributed by atoms with van der Waals surface area (Å²) in [5, 5.41) is 5.09. The van der Waals surface area contributed by atoms with E-state index in [9.17, 15) is 14.0 Å². The molecule has 0 bridgehead atoms. The highest BCUT2D eigenvalue weighted by Crippen LogP contribution is 2.32. The first kappa shape index (κ1) is 23.6. The fraction of sp³-hybridized carbons (Fsp3) is 0.308. The molecule has 4 nitrogen and oxygen atoms in total. The van der Waals surface area contributed by atoms with Crippen molar-refractivity contribution >= 4 is 44.8 Å². The van der Waals surface area contributed by atoms with Crippen LogP contribution in [0.4, 0.5) is 10.1 Å². The van der Waals surface area contributed by atoms with Gasteiger partial charge in [0.2, 0.25) is 11.8 Å². The average molecular weight is 529 g/mol. The Labute approximate surface area is 205 Å². The molecule has 7 heteroatoms. The number of amides is 2. The van der Waals surface area contributed by atoms with Crippen LogP contribution in [-0.2, 0) is 16.0 Å². The highest BCUT2D eigenvalue weighted by atomic mass is 79.9. The fourth-order valence-corrected chi connectivity index (χ4v) is 5.44. The Kier molecular flexibility index (Phi) is 7.93. The highest BCUT2D eigenvalue weighted by molar-refractivity contribution is 9.10. The van der Waals surface area contributed by atoms with E-state index in [1.54, 1.807) is 12.1 Å². The summed E-state index contributed by atoms with van der Waals surface area (Å²) < 4.78 is 15.0. The van der Waals surface area contributed by atoms with Crippen LogP contribution in [0.25, 0.3) is 0 Å². The molecule has 1 atom stereocenters. The van der Waals surface area contributed by atoms with Gasteiger partial charge in [-0.15, -0.1) is 11.3 Å². The molecule has 0 saturated heterocycles. The summed E-state index contributed by atoms with van der Waals surface area (Å²) in [5.74, 6) is -0.960. The van der Waals surface area contributed by atoms with E-state index in [4.69, 9.17) is 0 Å². The number of hydrogen-bond donors (Lipinski definition) is 1. The minimum absolute atomic E-state index is 0.0858. The second kappa shape index (κ2) is 11.1. The van der Waals surface area contributed by atoms with Crippen molar-refractivity contribution in [1.29, 1.82) is 0 Å². The molecule has 1 unspecified atom stereocenters. The minimum atomic E-state index is -0.918. The van der Waals surface area contributed by atoms with Crippen molar-refractivity contribution in [1.82, 2.24) is 5.32 Å². The number of carbonyl (C=O) groups is 2. The topological polar surface area (TPSA) is 49.4 Å². The molecule has 172 valence electrons. The van der Waals surface area contributed by atoms with Crippen molar-refractivity contribution in [2.24, 2.45) is 0 Å². The number of nitrogens with one attached hydrogen (secondary N) is 1. The van der Waals surface area contributed by atoms with Gasteiger partial charge in [0.1, 0.15) is 11.9 Å². The van der Waals surface area contributed by atoms with Gasteiger partial charge in [-0.05, 0) is 60.2 Å². The first-order valence-corrected chi connectivity index (χ1v) is 12.8. The van der Waals surface area contributed by atoms with Crippen LogP contribution in [0.1, 0.15) is 48.6 Å². The number of rotatable bonds is 7. The van der Waals surface area contributed by atoms with Crippen LogP contribution in [0.15, 0.2) is 70.5 Å². The Morgan fingerprint density at radius 1 is 1.06 bits per heavy atom. The lowest BCUT2D eigenvalue weighted by atomic mass is 9.94. The standard InChI is InChI=1S/C26H26BrFN2O2S/c27-19-8-4-7-18(15-19)25(26(32)29-21-10-2-1-3-11-21)30(22-12-5-9-20(28)16-22)24(31)17-23-13-6-14-33-23/h4-9,12-16,21,25H,1-3,10-11,17H2,(H,29,32). The van der Waals surface area contributed by atoms with Gasteiger partial charge in [0.25, 0.3) is 0 Å². The smallest absolute Gasteiger partial charge is 0.248 e. The molecule has 1 saturated carbocycles. The summed E-state index contributed by atoms with van der Waals surface area (Å²) >= 11 is 4.97. The van der Waals surface area contributed by atoms with Gasteiger partial charge in [0.15, 0.2) is 0 Å². The summed E-state index contributed by atoms with van der Waals surface area (Å²) in [5.41, 5.74) is 1.03. The third kappa shape index (κ3) is 6.09. The van der Waals surface area contributed by atoms with Gasteiger partial charge in [-0.25, -0.2) is 4.39 Å². The molecule has 1 fully saturated rings. The van der Waals surface area contributed by atoms with Crippen LogP contribution in [0.2, 0.25) is 0 Å². The number of nitrogens with zero attached hydrogens (tertiary/aromatic N) is 1. The van der Waals surface area contributed by atoms with Gasteiger partial charge < -0.3 is 5.32 Å². The number of carbonyl (C=O) groups excluding carboxylic acids is 2. The van der Waals surface area contributed by atoms with Crippen molar-refractivity contribution in [2.45, 2.75) is 50.6 Å². The van der Waals surface area contributed by atoms with Gasteiger partial charge in [-0.1, -0.05) is 59.5 Å². The third-order valence-corrected chi connectivity index (χ3v) is 7.25. The van der Waals surface area contributed by atoms with Crippen LogP contribution in [-0.4, -0.2) is 17.9 Å². The molecule has 0 aliphatic heterocycles. The zero-order valence-electron chi connectivity index (χ0n) is 18.2. The van der Waals surface area contributed by atoms with Crippen molar-refractivity contribution in [2.75, 3.05) is 4.90 Å². The Balaban J connectivity index is 1.75. The number of hydrogen-bond acceptors (Lipinski definition) is 3. The van der Waals surface area contributed by atoms with E-state index in [-0.39, 0.29) is 24.3 Å². The van der Waals surface area contributed by atoms with E-state index in [0.29, 0.717) is 11.3 Å². The largest absolute Gasteiger partial charge is 0.351 e. The Bertz CT molecular complexity index is 1100. The summed E-state index contributed by atoms with van der Waals surface area (Å²) in [7, 11) is 0. The van der Waals surface area contributed by atoms with E-state index >= 15 is 0 Å². The van der Waals surface area contributed by atoms with Crippen molar-refractivity contribution in [3.8, 4) is 0 Å². The van der Waals surface area contributed by atoms with Crippen molar-refractivity contribution in [3.05, 3.63) is 86.8 Å². The van der Waals surface area contributed by atoms with Gasteiger partial charge in [-0.2, -0.15) is 0 Å². The number of thiophene rings is 1. The highest BCUT2D eigenvalue weighted by Gasteiger charge is 2.34. The maximum Gasteiger partial charge on any atom is 0.248 e. The van der Waals surface area contributed by atoms with Crippen LogP contribution < -0.4 is 10.2 Å². The van der Waals surface area contributed by atoms with Crippen LogP contribution in [0, 0.1) is 5.82 Å². The zero-order valence-corrected chi connectivity index (χ0v) is 20.6. The normalized spacial score (nSPS) is 15.1. The summed E-state index contributed by atoms with van der Waals surface area (Å²) in [4.78, 5) is 29.7. The molecule has 3 aromatic rings. The Morgan fingerprint density at radius 3 is 2.55 bits per heavy atom. The molecule has 0 spiro atoms. The van der Waals surface area contributed by atoms with Crippen LogP contribution in [0.3, 0.4) is 0 Å². The molecule has 2 aromatic carbocycles. The molecule has 4 rings (SSSR count). The maximum atomic E-state index is 14.2. The molecular weight excluding hydrogens is 503 g/mol. The minimum Gasteiger partial charge on any atom is -0.351 e. The van der Waals surface area contributed by atoms with Crippen LogP contribution in [0.5, 0.6) is 0 Å². The number of anilines is 1. The first-order chi connectivity index (χ1) is 16.0. The SMILES string of the molecule is O=C(NC1CCCCC1)C(c1cccc(Br)c1)N(C(=O)Cc1cccs1)c1cccc(F)c1. The van der Waals surface area contributed by atoms with E-state index in [1.807, 2.05) is 41.8 Å². The number of benzene rings is 2. The summed E-state index contributed by atoms with van der Waals surface area (Å²) in [6.45, 7) is 0. The molecular formula is C26H26BrFN2O2S. The quantitative estimate of drug-likeness (QED) is 0.384. The molecule has 1 aliphatic rings. The second-order valence-electron chi connectivity index (χ2n) is 8.30. The molecule has 1 N–H and O–H groups in total. The lowest BCUT2D eigenvalue weighted by Gasteiger charge is -2.33. The monoisotopic (exact) mass is 528 g/mol. The molecule has 1 aliphatic carbocycles. The molecule has 33 heavy (non-hydrogen) atoms. The number of halogens is 2. The van der Waals surface area contributed by atoms with E-state index < -0.39 is 11.9 Å². The first-order valence-electron chi connectivity index (χ1n) is 11.2. The van der Waals surface area contributed by atoms with E-state index in [2.05, 4.69) is 21.2 Å². The van der Waals surface area contributed by atoms with Gasteiger partial charge in [0, 0.05) is 21.1 Å².